The van der Waals surface area contributed by atoms with Crippen molar-refractivity contribution in [2.45, 2.75) is 34.8 Å². The monoisotopic (exact) mass is 299 g/mol. The maximum atomic E-state index is 11.3. The minimum absolute atomic E-state index is 0.909. The number of carbonyl (C=O) groups is 1. The SMILES string of the molecule is [3H]C(O)[C@]12OC(=O)N[C@H]([C@H](O)[C@@H](O)[C@@H]1O)[C@@H]2Br. The number of hydrogen-bond donors (Lipinski definition) is 5. The van der Waals surface area contributed by atoms with E-state index in [1.165, 1.54) is 0 Å². The molecule has 0 spiro atoms. The van der Waals surface area contributed by atoms with Crippen molar-refractivity contribution in [1.82, 2.24) is 5.32 Å². The van der Waals surface area contributed by atoms with E-state index in [-0.39, 0.29) is 0 Å². The van der Waals surface area contributed by atoms with E-state index in [9.17, 15) is 25.2 Å². The second-order valence-electron chi connectivity index (χ2n) is 3.87. The van der Waals surface area contributed by atoms with E-state index in [4.69, 9.17) is 6.11 Å². The van der Waals surface area contributed by atoms with Crippen molar-refractivity contribution in [1.29, 1.82) is 0 Å². The number of carbonyl (C=O) groups excluding carboxylic acids is 1. The van der Waals surface area contributed by atoms with Gasteiger partial charge < -0.3 is 30.5 Å². The predicted octanol–water partition coefficient (Wildman–Crippen LogP) is -2.31. The number of alkyl carbamates (subject to hydrolysis) is 1. The summed E-state index contributed by atoms with van der Waals surface area (Å²) in [6.07, 6.45) is -5.79. The van der Waals surface area contributed by atoms with Gasteiger partial charge in [-0.1, -0.05) is 15.9 Å². The van der Waals surface area contributed by atoms with Gasteiger partial charge in [0.05, 0.1) is 18.8 Å². The Morgan fingerprint density at radius 1 is 1.50 bits per heavy atom. The van der Waals surface area contributed by atoms with Crippen molar-refractivity contribution in [3.05, 3.63) is 0 Å². The summed E-state index contributed by atoms with van der Waals surface area (Å²) < 4.78 is 12.1. The highest BCUT2D eigenvalue weighted by Crippen LogP contribution is 2.40. The van der Waals surface area contributed by atoms with E-state index < -0.39 is 47.5 Å². The lowest BCUT2D eigenvalue weighted by Crippen LogP contribution is -2.78. The van der Waals surface area contributed by atoms with Crippen LogP contribution in [0.1, 0.15) is 1.37 Å². The Labute approximate surface area is 101 Å². The van der Waals surface area contributed by atoms with Crippen molar-refractivity contribution in [2.75, 3.05) is 6.58 Å². The summed E-state index contributed by atoms with van der Waals surface area (Å²) in [5, 5.41) is 40.8. The lowest BCUT2D eigenvalue weighted by Gasteiger charge is -2.53. The number of nitrogens with one attached hydrogen (secondary N) is 1. The van der Waals surface area contributed by atoms with Crippen molar-refractivity contribution < 1.29 is 31.3 Å². The fourth-order valence-electron chi connectivity index (χ4n) is 2.06. The van der Waals surface area contributed by atoms with Crippen LogP contribution in [-0.2, 0) is 4.74 Å². The molecule has 1 aliphatic heterocycles. The molecule has 1 amide bonds. The summed E-state index contributed by atoms with van der Waals surface area (Å²) in [5.74, 6) is 0. The quantitative estimate of drug-likeness (QED) is 0.347. The number of amides is 1. The van der Waals surface area contributed by atoms with E-state index in [2.05, 4.69) is 21.2 Å². The minimum Gasteiger partial charge on any atom is -0.436 e. The molecular weight excluding hydrogens is 286 g/mol. The molecule has 2 bridgehead atoms. The van der Waals surface area contributed by atoms with Gasteiger partial charge in [0.1, 0.15) is 18.3 Å². The third kappa shape index (κ3) is 1.37. The molecule has 1 aliphatic carbocycles. The van der Waals surface area contributed by atoms with Gasteiger partial charge in [0, 0.05) is 0 Å². The minimum atomic E-state index is -2.01. The molecule has 1 saturated carbocycles. The fourth-order valence-corrected chi connectivity index (χ4v) is 2.99. The summed E-state index contributed by atoms with van der Waals surface area (Å²) in [7, 11) is 0. The lowest BCUT2D eigenvalue weighted by molar-refractivity contribution is -0.214. The fraction of sp³-hybridized carbons (Fsp3) is 0.875. The van der Waals surface area contributed by atoms with Gasteiger partial charge in [0.2, 0.25) is 0 Å². The van der Waals surface area contributed by atoms with E-state index in [0.29, 0.717) is 0 Å². The molecule has 7 nitrogen and oxygen atoms in total. The maximum Gasteiger partial charge on any atom is 0.408 e. The average molecular weight is 300 g/mol. The molecule has 1 saturated heterocycles. The van der Waals surface area contributed by atoms with E-state index in [0.717, 1.165) is 0 Å². The normalized spacial score (nSPS) is 54.7. The van der Waals surface area contributed by atoms with E-state index in [1.807, 2.05) is 0 Å². The number of aliphatic hydroxyl groups excluding tert-OH is 4. The van der Waals surface area contributed by atoms with Gasteiger partial charge in [-0.25, -0.2) is 4.79 Å². The first-order chi connectivity index (χ1) is 7.82. The van der Waals surface area contributed by atoms with Crippen LogP contribution in [0.3, 0.4) is 0 Å². The zero-order valence-electron chi connectivity index (χ0n) is 8.95. The number of rotatable bonds is 1. The molecule has 2 rings (SSSR count). The molecule has 0 aromatic rings. The summed E-state index contributed by atoms with van der Waals surface area (Å²) in [6.45, 7) is -1.96. The second kappa shape index (κ2) is 3.81. The van der Waals surface area contributed by atoms with Crippen molar-refractivity contribution in [3.8, 4) is 0 Å². The van der Waals surface area contributed by atoms with Gasteiger partial charge in [-0.2, -0.15) is 0 Å². The van der Waals surface area contributed by atoms with Crippen LogP contribution < -0.4 is 5.32 Å². The first-order valence-electron chi connectivity index (χ1n) is 5.18. The molecule has 7 atom stereocenters. The van der Waals surface area contributed by atoms with Gasteiger partial charge in [-0.3, -0.25) is 0 Å². The summed E-state index contributed by atoms with van der Waals surface area (Å²) in [6, 6.07) is -0.963. The Balaban J connectivity index is 2.47. The van der Waals surface area contributed by atoms with Crippen molar-refractivity contribution >= 4 is 22.0 Å². The zero-order valence-corrected chi connectivity index (χ0v) is 9.53. The van der Waals surface area contributed by atoms with Crippen LogP contribution in [0, 0.1) is 0 Å². The smallest absolute Gasteiger partial charge is 0.408 e. The van der Waals surface area contributed by atoms with Crippen LogP contribution in [0.5, 0.6) is 0 Å². The van der Waals surface area contributed by atoms with Gasteiger partial charge in [0.25, 0.3) is 0 Å². The highest BCUT2D eigenvalue weighted by atomic mass is 79.9. The van der Waals surface area contributed by atoms with Gasteiger partial charge in [-0.15, -0.1) is 0 Å². The van der Waals surface area contributed by atoms with Crippen LogP contribution in [0.15, 0.2) is 0 Å². The van der Waals surface area contributed by atoms with Crippen molar-refractivity contribution in [2.24, 2.45) is 0 Å². The molecule has 0 aromatic heterocycles. The number of fused-ring (bicyclic) bond motifs is 2. The molecule has 2 aliphatic rings. The number of alkyl halides is 1. The third-order valence-corrected chi connectivity index (χ3v) is 4.29. The molecule has 5 N–H and O–H groups in total. The second-order valence-corrected chi connectivity index (χ2v) is 4.86. The first kappa shape index (κ1) is 10.7. The number of ether oxygens (including phenoxy) is 1. The molecule has 1 unspecified atom stereocenters. The van der Waals surface area contributed by atoms with Crippen LogP contribution >= 0.6 is 15.9 Å². The van der Waals surface area contributed by atoms with Crippen LogP contribution in [0.25, 0.3) is 0 Å². The molecule has 1 heterocycles. The molecule has 0 radical (unpaired) electrons. The predicted molar refractivity (Wildman–Crippen MR) is 54.0 cm³/mol. The zero-order chi connectivity index (χ0) is 13.0. The molecule has 2 fully saturated rings. The summed E-state index contributed by atoms with van der Waals surface area (Å²) in [5.41, 5.74) is -2.01. The number of hydrogen-bond acceptors (Lipinski definition) is 6. The Bertz CT molecular complexity index is 338. The molecule has 16 heavy (non-hydrogen) atoms. The van der Waals surface area contributed by atoms with Gasteiger partial charge in [-0.05, 0) is 0 Å². The van der Waals surface area contributed by atoms with Crippen LogP contribution in [-0.4, -0.2) is 67.9 Å². The van der Waals surface area contributed by atoms with Crippen LogP contribution in [0.4, 0.5) is 4.79 Å². The standard InChI is InChI=1S/C8H12BrNO6/c9-5-2-3(12)4(13)6(14)8(5,1-11)16-7(15)10-2/h2-6,11-14H,1H2,(H,10,15)/t2-,3+,4-,5+,6+,8-/m1/s1/i1T/t1?,2-,3+,4-,5+,6+,8-. The van der Waals surface area contributed by atoms with E-state index in [1.54, 1.807) is 0 Å². The van der Waals surface area contributed by atoms with Gasteiger partial charge in [0.15, 0.2) is 5.60 Å². The number of halogens is 1. The molecule has 0 aromatic carbocycles. The maximum absolute atomic E-state index is 11.3. The number of aliphatic hydroxyl groups is 4. The molecular formula is C8H12BrNO6. The average Bonchev–Trinajstić information content (AvgIpc) is 2.26. The largest absolute Gasteiger partial charge is 0.436 e. The van der Waals surface area contributed by atoms with E-state index >= 15 is 0 Å². The summed E-state index contributed by atoms with van der Waals surface area (Å²) in [4.78, 5) is 10.4. The highest BCUT2D eigenvalue weighted by Gasteiger charge is 2.63. The third-order valence-electron chi connectivity index (χ3n) is 3.01. The Morgan fingerprint density at radius 3 is 2.69 bits per heavy atom. The Hall–Kier alpha value is -0.410. The summed E-state index contributed by atoms with van der Waals surface area (Å²) >= 11 is 3.07. The Morgan fingerprint density at radius 2 is 2.12 bits per heavy atom. The Kier molecular flexibility index (Phi) is 2.55. The molecule has 92 valence electrons. The highest BCUT2D eigenvalue weighted by molar-refractivity contribution is 9.09. The van der Waals surface area contributed by atoms with Crippen LogP contribution in [0.2, 0.25) is 0 Å². The lowest BCUT2D eigenvalue weighted by atomic mass is 9.75. The van der Waals surface area contributed by atoms with Gasteiger partial charge >= 0.3 is 6.09 Å². The van der Waals surface area contributed by atoms with Crippen molar-refractivity contribution in [3.63, 3.8) is 0 Å². The topological polar surface area (TPSA) is 119 Å². The first-order valence-corrected chi connectivity index (χ1v) is 5.52. The molecule has 8 heteroatoms.